The zero-order chi connectivity index (χ0) is 7.40. The second kappa shape index (κ2) is 3.94. The van der Waals surface area contributed by atoms with Crippen molar-refractivity contribution in [1.82, 2.24) is 5.32 Å². The Morgan fingerprint density at radius 1 is 1.40 bits per heavy atom. The molecule has 0 aromatic carbocycles. The Kier molecular flexibility index (Phi) is 3.16. The lowest BCUT2D eigenvalue weighted by Gasteiger charge is -2.28. The third-order valence-corrected chi connectivity index (χ3v) is 2.29. The van der Waals surface area contributed by atoms with Gasteiger partial charge in [0.1, 0.15) is 0 Å². The third kappa shape index (κ3) is 1.96. The summed E-state index contributed by atoms with van der Waals surface area (Å²) in [6.45, 7) is 3.19. The number of likely N-dealkylation sites (N-methyl/N-ethyl adjacent to an activating group) is 1. The lowest BCUT2D eigenvalue weighted by molar-refractivity contribution is 0.333. The predicted octanol–water partition coefficient (Wildman–Crippen LogP) is 0.866. The van der Waals surface area contributed by atoms with Crippen LogP contribution in [0.2, 0.25) is 0 Å². The summed E-state index contributed by atoms with van der Waals surface area (Å²) >= 11 is 0. The highest BCUT2D eigenvalue weighted by Gasteiger charge is 2.19. The number of nitrogens with two attached hydrogens (primary N) is 1. The summed E-state index contributed by atoms with van der Waals surface area (Å²) in [6, 6.07) is 1.01. The molecule has 0 bridgehead atoms. The van der Waals surface area contributed by atoms with Crippen LogP contribution in [0.15, 0.2) is 0 Å². The first kappa shape index (κ1) is 8.02. The first-order valence-corrected chi connectivity index (χ1v) is 4.33. The highest BCUT2D eigenvalue weighted by atomic mass is 14.9. The van der Waals surface area contributed by atoms with Crippen molar-refractivity contribution in [2.75, 3.05) is 6.54 Å². The van der Waals surface area contributed by atoms with Crippen LogP contribution in [0.3, 0.4) is 0 Å². The minimum atomic E-state index is 0.411. The summed E-state index contributed by atoms with van der Waals surface area (Å²) < 4.78 is 0. The lowest BCUT2D eigenvalue weighted by Crippen LogP contribution is -2.46. The zero-order valence-corrected chi connectivity index (χ0v) is 6.77. The van der Waals surface area contributed by atoms with E-state index in [1.807, 2.05) is 0 Å². The smallest absolute Gasteiger partial charge is 0.0218 e. The van der Waals surface area contributed by atoms with E-state index in [1.165, 1.54) is 25.7 Å². The van der Waals surface area contributed by atoms with Gasteiger partial charge in [0, 0.05) is 12.1 Å². The Morgan fingerprint density at radius 3 is 2.70 bits per heavy atom. The highest BCUT2D eigenvalue weighted by molar-refractivity contribution is 4.82. The average Bonchev–Trinajstić information content (AvgIpc) is 1.94. The maximum absolute atomic E-state index is 5.90. The molecular weight excluding hydrogens is 124 g/mol. The number of hydrogen-bond donors (Lipinski definition) is 2. The monoisotopic (exact) mass is 142 g/mol. The molecule has 0 amide bonds. The molecule has 2 nitrogen and oxygen atoms in total. The van der Waals surface area contributed by atoms with Crippen LogP contribution in [0.25, 0.3) is 0 Å². The molecule has 2 atom stereocenters. The Bertz CT molecular complexity index is 91.3. The van der Waals surface area contributed by atoms with Gasteiger partial charge in [0.25, 0.3) is 0 Å². The summed E-state index contributed by atoms with van der Waals surface area (Å²) in [5.41, 5.74) is 5.90. The molecule has 10 heavy (non-hydrogen) atoms. The van der Waals surface area contributed by atoms with Gasteiger partial charge in [-0.15, -0.1) is 0 Å². The third-order valence-electron chi connectivity index (χ3n) is 2.29. The molecular formula is C8H18N2. The number of hydrogen-bond acceptors (Lipinski definition) is 2. The van der Waals surface area contributed by atoms with Gasteiger partial charge in [0.15, 0.2) is 0 Å². The van der Waals surface area contributed by atoms with Crippen LogP contribution in [0.5, 0.6) is 0 Å². The van der Waals surface area contributed by atoms with Crippen molar-refractivity contribution < 1.29 is 0 Å². The molecule has 1 aliphatic carbocycles. The van der Waals surface area contributed by atoms with Crippen molar-refractivity contribution in [3.05, 3.63) is 0 Å². The summed E-state index contributed by atoms with van der Waals surface area (Å²) in [4.78, 5) is 0. The van der Waals surface area contributed by atoms with Crippen molar-refractivity contribution in [3.8, 4) is 0 Å². The summed E-state index contributed by atoms with van der Waals surface area (Å²) in [6.07, 6.45) is 5.15. The van der Waals surface area contributed by atoms with Crippen molar-refractivity contribution in [2.45, 2.75) is 44.7 Å². The fraction of sp³-hybridized carbons (Fsp3) is 1.00. The van der Waals surface area contributed by atoms with Gasteiger partial charge in [-0.3, -0.25) is 0 Å². The van der Waals surface area contributed by atoms with Gasteiger partial charge in [-0.2, -0.15) is 0 Å². The minimum absolute atomic E-state index is 0.411. The largest absolute Gasteiger partial charge is 0.326 e. The molecule has 1 aliphatic rings. The van der Waals surface area contributed by atoms with E-state index in [1.54, 1.807) is 0 Å². The van der Waals surface area contributed by atoms with Gasteiger partial charge in [0.2, 0.25) is 0 Å². The van der Waals surface area contributed by atoms with E-state index in [2.05, 4.69) is 12.2 Å². The van der Waals surface area contributed by atoms with Crippen LogP contribution in [0.1, 0.15) is 32.6 Å². The van der Waals surface area contributed by atoms with Crippen molar-refractivity contribution >= 4 is 0 Å². The standard InChI is InChI=1S/C8H18N2/c1-2-10-8-6-4-3-5-7(8)9/h7-8,10H,2-6,9H2,1H3. The fourth-order valence-electron chi connectivity index (χ4n) is 1.68. The predicted molar refractivity (Wildman–Crippen MR) is 43.9 cm³/mol. The van der Waals surface area contributed by atoms with Crippen LogP contribution < -0.4 is 11.1 Å². The molecule has 0 radical (unpaired) electrons. The van der Waals surface area contributed by atoms with E-state index in [4.69, 9.17) is 5.73 Å². The lowest BCUT2D eigenvalue weighted by atomic mass is 9.91. The van der Waals surface area contributed by atoms with Crippen LogP contribution in [0.4, 0.5) is 0 Å². The molecule has 60 valence electrons. The van der Waals surface area contributed by atoms with E-state index < -0.39 is 0 Å². The molecule has 2 heteroatoms. The second-order valence-electron chi connectivity index (χ2n) is 3.11. The second-order valence-corrected chi connectivity index (χ2v) is 3.11. The van der Waals surface area contributed by atoms with Gasteiger partial charge in [-0.05, 0) is 19.4 Å². The summed E-state index contributed by atoms with van der Waals surface area (Å²) in [5, 5.41) is 3.41. The van der Waals surface area contributed by atoms with Gasteiger partial charge < -0.3 is 11.1 Å². The molecule has 0 saturated heterocycles. The van der Waals surface area contributed by atoms with E-state index in [-0.39, 0.29) is 0 Å². The molecule has 0 aromatic rings. The fourth-order valence-corrected chi connectivity index (χ4v) is 1.68. The minimum Gasteiger partial charge on any atom is -0.326 e. The van der Waals surface area contributed by atoms with Gasteiger partial charge in [-0.25, -0.2) is 0 Å². The molecule has 1 rings (SSSR count). The molecule has 0 heterocycles. The number of rotatable bonds is 2. The highest BCUT2D eigenvalue weighted by Crippen LogP contribution is 2.16. The molecule has 1 fully saturated rings. The van der Waals surface area contributed by atoms with Crippen molar-refractivity contribution in [1.29, 1.82) is 0 Å². The Balaban J connectivity index is 2.25. The quantitative estimate of drug-likeness (QED) is 0.600. The van der Waals surface area contributed by atoms with Gasteiger partial charge in [0.05, 0.1) is 0 Å². The maximum atomic E-state index is 5.90. The van der Waals surface area contributed by atoms with Gasteiger partial charge in [-0.1, -0.05) is 19.8 Å². The Hall–Kier alpha value is -0.0800. The Morgan fingerprint density at radius 2 is 2.10 bits per heavy atom. The van der Waals surface area contributed by atoms with Crippen LogP contribution in [-0.4, -0.2) is 18.6 Å². The zero-order valence-electron chi connectivity index (χ0n) is 6.77. The molecule has 1 saturated carbocycles. The molecule has 2 unspecified atom stereocenters. The van der Waals surface area contributed by atoms with Crippen molar-refractivity contribution in [2.24, 2.45) is 5.73 Å². The van der Waals surface area contributed by atoms with E-state index in [0.29, 0.717) is 12.1 Å². The van der Waals surface area contributed by atoms with Gasteiger partial charge >= 0.3 is 0 Å². The Labute approximate surface area is 63.2 Å². The summed E-state index contributed by atoms with van der Waals surface area (Å²) in [5.74, 6) is 0. The average molecular weight is 142 g/mol. The van der Waals surface area contributed by atoms with E-state index in [0.717, 1.165) is 6.54 Å². The maximum Gasteiger partial charge on any atom is 0.0218 e. The number of nitrogens with one attached hydrogen (secondary N) is 1. The first-order chi connectivity index (χ1) is 4.84. The first-order valence-electron chi connectivity index (χ1n) is 4.33. The summed E-state index contributed by atoms with van der Waals surface area (Å²) in [7, 11) is 0. The van der Waals surface area contributed by atoms with Crippen LogP contribution in [-0.2, 0) is 0 Å². The topological polar surface area (TPSA) is 38.0 Å². The SMILES string of the molecule is CCNC1CCCCC1N. The van der Waals surface area contributed by atoms with Crippen molar-refractivity contribution in [3.63, 3.8) is 0 Å². The molecule has 0 aromatic heterocycles. The van der Waals surface area contributed by atoms with E-state index >= 15 is 0 Å². The van der Waals surface area contributed by atoms with Crippen LogP contribution in [0, 0.1) is 0 Å². The van der Waals surface area contributed by atoms with Crippen LogP contribution >= 0.6 is 0 Å². The van der Waals surface area contributed by atoms with E-state index in [9.17, 15) is 0 Å². The molecule has 0 spiro atoms. The molecule has 3 N–H and O–H groups in total. The molecule has 0 aliphatic heterocycles. The normalized spacial score (nSPS) is 34.2.